The molecule has 1 aromatic rings. The van der Waals surface area contributed by atoms with Gasteiger partial charge >= 0.3 is 0 Å². The van der Waals surface area contributed by atoms with E-state index in [1.807, 2.05) is 29.2 Å². The van der Waals surface area contributed by atoms with Crippen LogP contribution in [0.25, 0.3) is 10.4 Å². The molecule has 18 heavy (non-hydrogen) atoms. The number of anilines is 1. The van der Waals surface area contributed by atoms with Crippen molar-refractivity contribution in [2.75, 3.05) is 18.0 Å². The van der Waals surface area contributed by atoms with Gasteiger partial charge in [0.15, 0.2) is 5.78 Å². The third-order valence-corrected chi connectivity index (χ3v) is 3.56. The molecular formula is C12H12N4OS. The lowest BCUT2D eigenvalue weighted by atomic mass is 10.3. The van der Waals surface area contributed by atoms with Gasteiger partial charge in [-0.3, -0.25) is 4.79 Å². The van der Waals surface area contributed by atoms with E-state index < -0.39 is 0 Å². The van der Waals surface area contributed by atoms with E-state index in [9.17, 15) is 4.79 Å². The Bertz CT molecular complexity index is 549. The second-order valence-corrected chi connectivity index (χ2v) is 4.83. The Morgan fingerprint density at radius 2 is 2.33 bits per heavy atom. The van der Waals surface area contributed by atoms with Crippen LogP contribution in [0.4, 0.5) is 5.69 Å². The monoisotopic (exact) mass is 260 g/mol. The zero-order chi connectivity index (χ0) is 13.0. The van der Waals surface area contributed by atoms with E-state index in [1.165, 1.54) is 6.92 Å². The molecule has 0 aliphatic carbocycles. The van der Waals surface area contributed by atoms with Crippen LogP contribution >= 0.6 is 11.8 Å². The molecule has 1 aliphatic rings. The minimum atomic E-state index is 0.0130. The molecular weight excluding hydrogens is 248 g/mol. The molecule has 5 nitrogen and oxygen atoms in total. The molecule has 0 radical (unpaired) electrons. The zero-order valence-electron chi connectivity index (χ0n) is 9.91. The largest absolute Gasteiger partial charge is 0.335 e. The highest BCUT2D eigenvalue weighted by Gasteiger charge is 2.24. The van der Waals surface area contributed by atoms with Gasteiger partial charge in [-0.2, -0.15) is 0 Å². The summed E-state index contributed by atoms with van der Waals surface area (Å²) in [5.41, 5.74) is 9.37. The Balaban J connectivity index is 2.29. The van der Waals surface area contributed by atoms with E-state index in [4.69, 9.17) is 5.53 Å². The van der Waals surface area contributed by atoms with Crippen LogP contribution in [0, 0.1) is 0 Å². The first-order valence-electron chi connectivity index (χ1n) is 5.50. The Labute approximate surface area is 109 Å². The summed E-state index contributed by atoms with van der Waals surface area (Å²) in [5, 5.41) is 4.43. The smallest absolute Gasteiger partial charge is 0.155 e. The summed E-state index contributed by atoms with van der Waals surface area (Å²) in [5.74, 6) is 0.0130. The highest BCUT2D eigenvalue weighted by molar-refractivity contribution is 8.03. The number of fused-ring (bicyclic) bond motifs is 1. The molecule has 92 valence electrons. The van der Waals surface area contributed by atoms with E-state index >= 15 is 0 Å². The number of benzene rings is 1. The van der Waals surface area contributed by atoms with Crippen LogP contribution in [0.2, 0.25) is 0 Å². The first-order valence-corrected chi connectivity index (χ1v) is 6.31. The minimum absolute atomic E-state index is 0.0130. The normalized spacial score (nSPS) is 15.4. The molecule has 1 aromatic carbocycles. The molecule has 0 spiro atoms. The SMILES string of the molecule is CC(=O)/C=C1\Sc2ccccc2N1CCN=[N+]=[N-]. The van der Waals surface area contributed by atoms with Gasteiger partial charge in [0, 0.05) is 29.0 Å². The van der Waals surface area contributed by atoms with Crippen molar-refractivity contribution in [3.8, 4) is 0 Å². The number of rotatable bonds is 4. The second kappa shape index (κ2) is 5.62. The summed E-state index contributed by atoms with van der Waals surface area (Å²) in [7, 11) is 0. The zero-order valence-corrected chi connectivity index (χ0v) is 10.7. The maximum atomic E-state index is 11.2. The molecule has 6 heteroatoms. The van der Waals surface area contributed by atoms with Gasteiger partial charge in [-0.15, -0.1) is 0 Å². The number of azide groups is 1. The number of thioether (sulfide) groups is 1. The van der Waals surface area contributed by atoms with Crippen LogP contribution < -0.4 is 4.90 Å². The summed E-state index contributed by atoms with van der Waals surface area (Å²) >= 11 is 1.56. The molecule has 0 N–H and O–H groups in total. The van der Waals surface area contributed by atoms with E-state index in [-0.39, 0.29) is 5.78 Å². The van der Waals surface area contributed by atoms with Gasteiger partial charge in [-0.05, 0) is 24.6 Å². The number of para-hydroxylation sites is 1. The quantitative estimate of drug-likeness (QED) is 0.361. The maximum absolute atomic E-state index is 11.2. The predicted molar refractivity (Wildman–Crippen MR) is 72.4 cm³/mol. The van der Waals surface area contributed by atoms with Crippen LogP contribution in [0.15, 0.2) is 45.4 Å². The Kier molecular flexibility index (Phi) is 3.92. The fourth-order valence-corrected chi connectivity index (χ4v) is 2.93. The van der Waals surface area contributed by atoms with Crippen LogP contribution in [0.5, 0.6) is 0 Å². The first kappa shape index (κ1) is 12.5. The average molecular weight is 260 g/mol. The van der Waals surface area contributed by atoms with Gasteiger partial charge in [0.1, 0.15) is 0 Å². The number of hydrogen-bond donors (Lipinski definition) is 0. The van der Waals surface area contributed by atoms with Gasteiger partial charge in [-0.1, -0.05) is 29.0 Å². The van der Waals surface area contributed by atoms with Crippen molar-refractivity contribution in [3.05, 3.63) is 45.8 Å². The number of allylic oxidation sites excluding steroid dienone is 1. The molecule has 0 unspecified atom stereocenters. The molecule has 0 saturated carbocycles. The molecule has 0 amide bonds. The van der Waals surface area contributed by atoms with E-state index in [2.05, 4.69) is 10.0 Å². The summed E-state index contributed by atoms with van der Waals surface area (Å²) in [6.45, 7) is 2.48. The van der Waals surface area contributed by atoms with Crippen molar-refractivity contribution < 1.29 is 4.79 Å². The predicted octanol–water partition coefficient (Wildman–Crippen LogP) is 3.34. The van der Waals surface area contributed by atoms with E-state index in [0.29, 0.717) is 13.1 Å². The van der Waals surface area contributed by atoms with Gasteiger partial charge < -0.3 is 4.90 Å². The fraction of sp³-hybridized carbons (Fsp3) is 0.250. The summed E-state index contributed by atoms with van der Waals surface area (Å²) in [6.07, 6.45) is 1.61. The highest BCUT2D eigenvalue weighted by Crippen LogP contribution is 2.45. The van der Waals surface area contributed by atoms with Gasteiger partial charge in [0.2, 0.25) is 0 Å². The Hall–Kier alpha value is -1.91. The van der Waals surface area contributed by atoms with E-state index in [0.717, 1.165) is 15.6 Å². The number of nitrogens with zero attached hydrogens (tertiary/aromatic N) is 4. The number of hydrogen-bond acceptors (Lipinski definition) is 4. The van der Waals surface area contributed by atoms with E-state index in [1.54, 1.807) is 17.8 Å². The van der Waals surface area contributed by atoms with Gasteiger partial charge in [0.25, 0.3) is 0 Å². The first-order chi connectivity index (χ1) is 8.72. The standard InChI is InChI=1S/C12H12N4OS/c1-9(17)8-12-16(7-6-14-15-13)10-4-2-3-5-11(10)18-12/h2-5,8H,6-7H2,1H3/b12-8-. The summed E-state index contributed by atoms with van der Waals surface area (Å²) in [4.78, 5) is 17.1. The molecule has 0 fully saturated rings. The number of ketones is 1. The van der Waals surface area contributed by atoms with Crippen molar-refractivity contribution >= 4 is 23.2 Å². The number of carbonyl (C=O) groups is 1. The Morgan fingerprint density at radius 1 is 1.56 bits per heavy atom. The van der Waals surface area contributed by atoms with Crippen LogP contribution in [0.1, 0.15) is 6.92 Å². The van der Waals surface area contributed by atoms with Crippen LogP contribution in [0.3, 0.4) is 0 Å². The Morgan fingerprint density at radius 3 is 3.06 bits per heavy atom. The van der Waals surface area contributed by atoms with Crippen LogP contribution in [-0.4, -0.2) is 18.9 Å². The van der Waals surface area contributed by atoms with Crippen molar-refractivity contribution in [1.82, 2.24) is 0 Å². The van der Waals surface area contributed by atoms with Crippen molar-refractivity contribution in [3.63, 3.8) is 0 Å². The number of carbonyl (C=O) groups excluding carboxylic acids is 1. The molecule has 1 heterocycles. The molecule has 1 aliphatic heterocycles. The minimum Gasteiger partial charge on any atom is -0.335 e. The molecule has 0 saturated heterocycles. The van der Waals surface area contributed by atoms with Gasteiger partial charge in [-0.25, -0.2) is 0 Å². The van der Waals surface area contributed by atoms with Crippen molar-refractivity contribution in [2.24, 2.45) is 5.11 Å². The maximum Gasteiger partial charge on any atom is 0.155 e. The lowest BCUT2D eigenvalue weighted by Crippen LogP contribution is -2.21. The topological polar surface area (TPSA) is 69.1 Å². The fourth-order valence-electron chi connectivity index (χ4n) is 1.75. The summed E-state index contributed by atoms with van der Waals surface area (Å²) < 4.78 is 0. The molecule has 0 aromatic heterocycles. The molecule has 2 rings (SSSR count). The lowest BCUT2D eigenvalue weighted by molar-refractivity contribution is -0.112. The summed E-state index contributed by atoms with van der Waals surface area (Å²) in [6, 6.07) is 7.94. The average Bonchev–Trinajstić information content (AvgIpc) is 2.67. The van der Waals surface area contributed by atoms with Crippen molar-refractivity contribution in [2.45, 2.75) is 11.8 Å². The molecule has 0 atom stereocenters. The molecule has 0 bridgehead atoms. The third kappa shape index (κ3) is 2.67. The lowest BCUT2D eigenvalue weighted by Gasteiger charge is -2.18. The van der Waals surface area contributed by atoms with Gasteiger partial charge in [0.05, 0.1) is 10.7 Å². The second-order valence-electron chi connectivity index (χ2n) is 3.77. The third-order valence-electron chi connectivity index (χ3n) is 2.45. The highest BCUT2D eigenvalue weighted by atomic mass is 32.2. The van der Waals surface area contributed by atoms with Crippen molar-refractivity contribution in [1.29, 1.82) is 0 Å². The van der Waals surface area contributed by atoms with Crippen LogP contribution in [-0.2, 0) is 4.79 Å².